The molecular weight excluding hydrogens is 234 g/mol. The highest BCUT2D eigenvalue weighted by Gasteiger charge is 2.14. The number of nitrogens with two attached hydrogens (primary N) is 1. The second-order valence-electron chi connectivity index (χ2n) is 5.05. The molecule has 0 bridgehead atoms. The van der Waals surface area contributed by atoms with E-state index in [1.807, 2.05) is 47.3 Å². The fourth-order valence-electron chi connectivity index (χ4n) is 2.36. The SMILES string of the molecule is CCC(CC)CC(N)c1ccn(-c2ccccc2)n1. The molecule has 0 aliphatic rings. The maximum atomic E-state index is 6.26. The van der Waals surface area contributed by atoms with Gasteiger partial charge in [-0.15, -0.1) is 0 Å². The minimum atomic E-state index is 0.0369. The third kappa shape index (κ3) is 3.44. The first-order valence-electron chi connectivity index (χ1n) is 7.11. The van der Waals surface area contributed by atoms with E-state index in [4.69, 9.17) is 5.73 Å². The number of nitrogens with zero attached hydrogens (tertiary/aromatic N) is 2. The number of hydrogen-bond donors (Lipinski definition) is 1. The fourth-order valence-corrected chi connectivity index (χ4v) is 2.36. The summed E-state index contributed by atoms with van der Waals surface area (Å²) in [6, 6.07) is 12.2. The number of hydrogen-bond acceptors (Lipinski definition) is 2. The lowest BCUT2D eigenvalue weighted by molar-refractivity contribution is 0.410. The van der Waals surface area contributed by atoms with Gasteiger partial charge < -0.3 is 5.73 Å². The summed E-state index contributed by atoms with van der Waals surface area (Å²) in [4.78, 5) is 0. The first kappa shape index (κ1) is 13.8. The van der Waals surface area contributed by atoms with Crippen LogP contribution in [0.1, 0.15) is 44.8 Å². The van der Waals surface area contributed by atoms with Crippen LogP contribution in [-0.2, 0) is 0 Å². The van der Waals surface area contributed by atoms with E-state index in [0.717, 1.165) is 17.8 Å². The molecule has 0 saturated carbocycles. The predicted octanol–water partition coefficient (Wildman–Crippen LogP) is 3.70. The van der Waals surface area contributed by atoms with Gasteiger partial charge in [-0.3, -0.25) is 0 Å². The minimum absolute atomic E-state index is 0.0369. The van der Waals surface area contributed by atoms with Crippen LogP contribution in [0.3, 0.4) is 0 Å². The van der Waals surface area contributed by atoms with Crippen LogP contribution >= 0.6 is 0 Å². The van der Waals surface area contributed by atoms with Crippen molar-refractivity contribution in [2.45, 2.75) is 39.2 Å². The Hall–Kier alpha value is -1.61. The van der Waals surface area contributed by atoms with E-state index < -0.39 is 0 Å². The first-order valence-corrected chi connectivity index (χ1v) is 7.11. The Labute approximate surface area is 115 Å². The third-order valence-electron chi connectivity index (χ3n) is 3.75. The van der Waals surface area contributed by atoms with Gasteiger partial charge in [0, 0.05) is 12.2 Å². The Bertz CT molecular complexity index is 486. The van der Waals surface area contributed by atoms with Gasteiger partial charge in [-0.25, -0.2) is 4.68 Å². The summed E-state index contributed by atoms with van der Waals surface area (Å²) in [6.45, 7) is 4.45. The molecule has 1 aromatic heterocycles. The van der Waals surface area contributed by atoms with E-state index in [1.54, 1.807) is 0 Å². The van der Waals surface area contributed by atoms with Crippen molar-refractivity contribution in [1.29, 1.82) is 0 Å². The molecule has 0 saturated heterocycles. The standard InChI is InChI=1S/C16H23N3/c1-3-13(4-2)12-15(17)16-10-11-19(18-16)14-8-6-5-7-9-14/h5-11,13,15H,3-4,12,17H2,1-2H3. The molecule has 102 valence electrons. The summed E-state index contributed by atoms with van der Waals surface area (Å²) in [5, 5.41) is 4.59. The van der Waals surface area contributed by atoms with Crippen molar-refractivity contribution in [3.63, 3.8) is 0 Å². The van der Waals surface area contributed by atoms with Crippen LogP contribution in [0.15, 0.2) is 42.6 Å². The van der Waals surface area contributed by atoms with Crippen LogP contribution in [0.25, 0.3) is 5.69 Å². The summed E-state index contributed by atoms with van der Waals surface area (Å²) >= 11 is 0. The van der Waals surface area contributed by atoms with Crippen molar-refractivity contribution >= 4 is 0 Å². The van der Waals surface area contributed by atoms with Crippen molar-refractivity contribution in [3.8, 4) is 5.69 Å². The molecule has 1 unspecified atom stereocenters. The molecule has 3 heteroatoms. The molecule has 0 aliphatic carbocycles. The van der Waals surface area contributed by atoms with Crippen molar-refractivity contribution in [3.05, 3.63) is 48.3 Å². The average Bonchev–Trinajstić information content (AvgIpc) is 2.95. The zero-order valence-corrected chi connectivity index (χ0v) is 11.8. The quantitative estimate of drug-likeness (QED) is 0.857. The lowest BCUT2D eigenvalue weighted by Crippen LogP contribution is -2.16. The number of aromatic nitrogens is 2. The van der Waals surface area contributed by atoms with Crippen LogP contribution in [0, 0.1) is 5.92 Å². The lowest BCUT2D eigenvalue weighted by atomic mass is 9.94. The molecule has 0 radical (unpaired) electrons. The van der Waals surface area contributed by atoms with Gasteiger partial charge in [0.05, 0.1) is 11.4 Å². The van der Waals surface area contributed by atoms with Crippen LogP contribution in [0.5, 0.6) is 0 Å². The van der Waals surface area contributed by atoms with E-state index in [0.29, 0.717) is 5.92 Å². The van der Waals surface area contributed by atoms with Gasteiger partial charge in [0.25, 0.3) is 0 Å². The van der Waals surface area contributed by atoms with Gasteiger partial charge >= 0.3 is 0 Å². The summed E-state index contributed by atoms with van der Waals surface area (Å²) in [5.74, 6) is 0.692. The van der Waals surface area contributed by atoms with E-state index in [1.165, 1.54) is 12.8 Å². The average molecular weight is 257 g/mol. The van der Waals surface area contributed by atoms with Crippen molar-refractivity contribution in [2.24, 2.45) is 11.7 Å². The maximum absolute atomic E-state index is 6.26. The van der Waals surface area contributed by atoms with Gasteiger partial charge in [0.15, 0.2) is 0 Å². The normalized spacial score (nSPS) is 12.8. The summed E-state index contributed by atoms with van der Waals surface area (Å²) in [5.41, 5.74) is 8.32. The zero-order chi connectivity index (χ0) is 13.7. The minimum Gasteiger partial charge on any atom is -0.323 e. The highest BCUT2D eigenvalue weighted by Crippen LogP contribution is 2.22. The fraction of sp³-hybridized carbons (Fsp3) is 0.438. The lowest BCUT2D eigenvalue weighted by Gasteiger charge is -2.16. The van der Waals surface area contributed by atoms with Crippen molar-refractivity contribution in [1.82, 2.24) is 9.78 Å². The summed E-state index contributed by atoms with van der Waals surface area (Å²) in [6.07, 6.45) is 5.36. The Morgan fingerprint density at radius 1 is 1.11 bits per heavy atom. The molecule has 2 aromatic rings. The first-order chi connectivity index (χ1) is 9.24. The topological polar surface area (TPSA) is 43.8 Å². The monoisotopic (exact) mass is 257 g/mol. The van der Waals surface area contributed by atoms with Crippen LogP contribution < -0.4 is 5.73 Å². The van der Waals surface area contributed by atoms with Crippen LogP contribution in [0.4, 0.5) is 0 Å². The molecule has 19 heavy (non-hydrogen) atoms. The Kier molecular flexibility index (Phi) is 4.74. The second-order valence-corrected chi connectivity index (χ2v) is 5.05. The van der Waals surface area contributed by atoms with E-state index >= 15 is 0 Å². The summed E-state index contributed by atoms with van der Waals surface area (Å²) in [7, 11) is 0. The molecule has 0 aliphatic heterocycles. The van der Waals surface area contributed by atoms with Crippen LogP contribution in [-0.4, -0.2) is 9.78 Å². The molecular formula is C16H23N3. The van der Waals surface area contributed by atoms with Gasteiger partial charge in [-0.1, -0.05) is 44.9 Å². The maximum Gasteiger partial charge on any atom is 0.0796 e. The van der Waals surface area contributed by atoms with Gasteiger partial charge in [-0.05, 0) is 30.5 Å². The smallest absolute Gasteiger partial charge is 0.0796 e. The molecule has 0 spiro atoms. The van der Waals surface area contributed by atoms with E-state index in [2.05, 4.69) is 18.9 Å². The molecule has 2 N–H and O–H groups in total. The second kappa shape index (κ2) is 6.53. The van der Waals surface area contributed by atoms with Crippen molar-refractivity contribution < 1.29 is 0 Å². The molecule has 2 rings (SSSR count). The van der Waals surface area contributed by atoms with Crippen molar-refractivity contribution in [2.75, 3.05) is 0 Å². The Balaban J connectivity index is 2.08. The van der Waals surface area contributed by atoms with E-state index in [-0.39, 0.29) is 6.04 Å². The van der Waals surface area contributed by atoms with Gasteiger partial charge in [0.1, 0.15) is 0 Å². The molecule has 1 atom stereocenters. The molecule has 0 fully saturated rings. The summed E-state index contributed by atoms with van der Waals surface area (Å²) < 4.78 is 1.89. The highest BCUT2D eigenvalue weighted by atomic mass is 15.3. The third-order valence-corrected chi connectivity index (χ3v) is 3.75. The largest absolute Gasteiger partial charge is 0.323 e. The number of para-hydroxylation sites is 1. The molecule has 0 amide bonds. The Morgan fingerprint density at radius 3 is 2.42 bits per heavy atom. The predicted molar refractivity (Wildman–Crippen MR) is 79.2 cm³/mol. The number of rotatable bonds is 6. The Morgan fingerprint density at radius 2 is 1.79 bits per heavy atom. The number of benzene rings is 1. The highest BCUT2D eigenvalue weighted by molar-refractivity contribution is 5.30. The van der Waals surface area contributed by atoms with Gasteiger partial charge in [-0.2, -0.15) is 5.10 Å². The zero-order valence-electron chi connectivity index (χ0n) is 11.8. The van der Waals surface area contributed by atoms with Gasteiger partial charge in [0.2, 0.25) is 0 Å². The molecule has 3 nitrogen and oxygen atoms in total. The van der Waals surface area contributed by atoms with Crippen LogP contribution in [0.2, 0.25) is 0 Å². The molecule has 1 aromatic carbocycles. The van der Waals surface area contributed by atoms with E-state index in [9.17, 15) is 0 Å². The molecule has 1 heterocycles.